The minimum atomic E-state index is -1.22. The number of thioether (sulfide) groups is 1. The van der Waals surface area contributed by atoms with Gasteiger partial charge in [-0.15, -0.1) is 0 Å². The SMILES string of the molecule is CSCCC(N)C(=O)NC(C)C(=O)NC(Cc1ccccc1)C(=O)NC(Cc1c[nH]c2ccccc12)C(=O)O. The van der Waals surface area contributed by atoms with Crippen LogP contribution in [-0.2, 0) is 32.0 Å². The normalized spacial score (nSPS) is 14.1. The number of amides is 3. The molecule has 1 heterocycles. The third-order valence-corrected chi connectivity index (χ3v) is 6.99. The highest BCUT2D eigenvalue weighted by atomic mass is 32.2. The summed E-state index contributed by atoms with van der Waals surface area (Å²) in [4.78, 5) is 53.9. The second-order valence-corrected chi connectivity index (χ2v) is 10.3. The van der Waals surface area contributed by atoms with E-state index in [1.54, 1.807) is 18.0 Å². The van der Waals surface area contributed by atoms with E-state index < -0.39 is 47.9 Å². The van der Waals surface area contributed by atoms with Gasteiger partial charge in [0, 0.05) is 29.9 Å². The van der Waals surface area contributed by atoms with Crippen LogP contribution in [0.25, 0.3) is 10.9 Å². The first-order chi connectivity index (χ1) is 18.7. The summed E-state index contributed by atoms with van der Waals surface area (Å²) in [6.07, 6.45) is 4.29. The zero-order valence-corrected chi connectivity index (χ0v) is 22.8. The lowest BCUT2D eigenvalue weighted by atomic mass is 10.0. The zero-order chi connectivity index (χ0) is 28.4. The Balaban J connectivity index is 1.72. The topological polar surface area (TPSA) is 166 Å². The molecule has 39 heavy (non-hydrogen) atoms. The van der Waals surface area contributed by atoms with Crippen molar-refractivity contribution in [3.05, 3.63) is 71.9 Å². The van der Waals surface area contributed by atoms with Crippen LogP contribution in [0.2, 0.25) is 0 Å². The molecule has 0 aliphatic rings. The number of nitrogens with two attached hydrogens (primary N) is 1. The van der Waals surface area contributed by atoms with Gasteiger partial charge in [-0.1, -0.05) is 48.5 Å². The molecule has 3 rings (SSSR count). The molecule has 11 heteroatoms. The molecule has 7 N–H and O–H groups in total. The number of carboxylic acids is 1. The van der Waals surface area contributed by atoms with Gasteiger partial charge in [-0.25, -0.2) is 4.79 Å². The molecular formula is C28H35N5O5S. The van der Waals surface area contributed by atoms with Gasteiger partial charge in [0.05, 0.1) is 6.04 Å². The number of H-pyrrole nitrogens is 1. The summed E-state index contributed by atoms with van der Waals surface area (Å²) in [7, 11) is 0. The molecule has 2 aromatic carbocycles. The number of fused-ring (bicyclic) bond motifs is 1. The molecular weight excluding hydrogens is 518 g/mol. The molecule has 4 atom stereocenters. The number of carbonyl (C=O) groups is 4. The van der Waals surface area contributed by atoms with Crippen molar-refractivity contribution in [3.63, 3.8) is 0 Å². The molecule has 0 saturated heterocycles. The third kappa shape index (κ3) is 8.59. The molecule has 1 aromatic heterocycles. The lowest BCUT2D eigenvalue weighted by Gasteiger charge is -2.24. The van der Waals surface area contributed by atoms with Crippen molar-refractivity contribution >= 4 is 46.4 Å². The van der Waals surface area contributed by atoms with Crippen LogP contribution in [0.5, 0.6) is 0 Å². The smallest absolute Gasteiger partial charge is 0.326 e. The quantitative estimate of drug-likeness (QED) is 0.176. The van der Waals surface area contributed by atoms with Crippen LogP contribution in [0.15, 0.2) is 60.8 Å². The molecule has 0 spiro atoms. The average molecular weight is 554 g/mol. The second-order valence-electron chi connectivity index (χ2n) is 9.33. The van der Waals surface area contributed by atoms with Crippen LogP contribution in [0.1, 0.15) is 24.5 Å². The van der Waals surface area contributed by atoms with E-state index in [0.717, 1.165) is 22.0 Å². The first-order valence-electron chi connectivity index (χ1n) is 12.7. The Hall–Kier alpha value is -3.83. The monoisotopic (exact) mass is 553 g/mol. The molecule has 0 aliphatic carbocycles. The summed E-state index contributed by atoms with van der Waals surface area (Å²) in [6.45, 7) is 1.50. The Morgan fingerprint density at radius 2 is 1.56 bits per heavy atom. The van der Waals surface area contributed by atoms with E-state index in [4.69, 9.17) is 5.73 Å². The van der Waals surface area contributed by atoms with Gasteiger partial charge >= 0.3 is 5.97 Å². The summed E-state index contributed by atoms with van der Waals surface area (Å²) in [5.41, 5.74) is 8.28. The molecule has 208 valence electrons. The Morgan fingerprint density at radius 3 is 2.26 bits per heavy atom. The first kappa shape index (κ1) is 29.7. The predicted molar refractivity (Wildman–Crippen MR) is 152 cm³/mol. The van der Waals surface area contributed by atoms with E-state index in [2.05, 4.69) is 20.9 Å². The van der Waals surface area contributed by atoms with Gasteiger partial charge in [0.25, 0.3) is 0 Å². The highest BCUT2D eigenvalue weighted by molar-refractivity contribution is 7.98. The van der Waals surface area contributed by atoms with Crippen molar-refractivity contribution in [3.8, 4) is 0 Å². The molecule has 0 radical (unpaired) electrons. The van der Waals surface area contributed by atoms with Crippen molar-refractivity contribution in [2.45, 2.75) is 50.4 Å². The fraction of sp³-hybridized carbons (Fsp3) is 0.357. The molecule has 3 amide bonds. The summed E-state index contributed by atoms with van der Waals surface area (Å²) in [5.74, 6) is -2.18. The number of rotatable bonds is 14. The zero-order valence-electron chi connectivity index (χ0n) is 22.0. The number of para-hydroxylation sites is 1. The predicted octanol–water partition coefficient (Wildman–Crippen LogP) is 1.59. The van der Waals surface area contributed by atoms with Crippen molar-refractivity contribution in [2.75, 3.05) is 12.0 Å². The maximum absolute atomic E-state index is 13.4. The van der Waals surface area contributed by atoms with Crippen LogP contribution in [0, 0.1) is 0 Å². The Morgan fingerprint density at radius 1 is 0.897 bits per heavy atom. The van der Waals surface area contributed by atoms with Crippen LogP contribution >= 0.6 is 11.8 Å². The molecule has 0 fully saturated rings. The standard InChI is InChI=1S/C28H35N5O5S/c1-17(31-26(35)21(29)12-13-39-2)25(34)32-23(14-18-8-4-3-5-9-18)27(36)33-24(28(37)38)15-19-16-30-22-11-7-6-10-20(19)22/h3-11,16-17,21,23-24,30H,12-15,29H2,1-2H3,(H,31,35)(H,32,34)(H,33,36)(H,37,38). The van der Waals surface area contributed by atoms with Gasteiger partial charge < -0.3 is 31.8 Å². The Labute approximate surface area is 231 Å². The van der Waals surface area contributed by atoms with Crippen molar-refractivity contribution in [1.82, 2.24) is 20.9 Å². The van der Waals surface area contributed by atoms with Gasteiger partial charge in [-0.2, -0.15) is 11.8 Å². The number of carbonyl (C=O) groups excluding carboxylic acids is 3. The van der Waals surface area contributed by atoms with E-state index >= 15 is 0 Å². The molecule has 4 unspecified atom stereocenters. The maximum atomic E-state index is 13.4. The lowest BCUT2D eigenvalue weighted by Crippen LogP contribution is -2.57. The van der Waals surface area contributed by atoms with Crippen LogP contribution in [0.3, 0.4) is 0 Å². The molecule has 3 aromatic rings. The van der Waals surface area contributed by atoms with Crippen molar-refractivity contribution < 1.29 is 24.3 Å². The first-order valence-corrected chi connectivity index (χ1v) is 14.1. The fourth-order valence-electron chi connectivity index (χ4n) is 4.11. The summed E-state index contributed by atoms with van der Waals surface area (Å²) in [6, 6.07) is 12.5. The van der Waals surface area contributed by atoms with Crippen LogP contribution in [0.4, 0.5) is 0 Å². The molecule has 0 saturated carbocycles. The number of nitrogens with one attached hydrogen (secondary N) is 4. The van der Waals surface area contributed by atoms with Gasteiger partial charge in [0.1, 0.15) is 18.1 Å². The van der Waals surface area contributed by atoms with E-state index in [-0.39, 0.29) is 12.8 Å². The number of carboxylic acid groups (broad SMARTS) is 1. The Kier molecular flexibility index (Phi) is 10.9. The lowest BCUT2D eigenvalue weighted by molar-refractivity contribution is -0.142. The third-order valence-electron chi connectivity index (χ3n) is 6.35. The molecule has 0 aliphatic heterocycles. The van der Waals surface area contributed by atoms with Gasteiger partial charge in [-0.3, -0.25) is 14.4 Å². The summed E-state index contributed by atoms with van der Waals surface area (Å²) < 4.78 is 0. The highest BCUT2D eigenvalue weighted by Gasteiger charge is 2.29. The van der Waals surface area contributed by atoms with Gasteiger partial charge in [-0.05, 0) is 42.5 Å². The number of hydrogen-bond acceptors (Lipinski definition) is 6. The van der Waals surface area contributed by atoms with Crippen molar-refractivity contribution in [1.29, 1.82) is 0 Å². The second kappa shape index (κ2) is 14.4. The van der Waals surface area contributed by atoms with E-state index in [0.29, 0.717) is 12.2 Å². The molecule has 10 nitrogen and oxygen atoms in total. The average Bonchev–Trinajstić information content (AvgIpc) is 3.33. The van der Waals surface area contributed by atoms with Gasteiger partial charge in [0.15, 0.2) is 0 Å². The summed E-state index contributed by atoms with van der Waals surface area (Å²) >= 11 is 1.57. The van der Waals surface area contributed by atoms with E-state index in [9.17, 15) is 24.3 Å². The maximum Gasteiger partial charge on any atom is 0.326 e. The number of aromatic nitrogens is 1. The minimum absolute atomic E-state index is 0.0531. The van der Waals surface area contributed by atoms with Crippen LogP contribution < -0.4 is 21.7 Å². The number of benzene rings is 2. The van der Waals surface area contributed by atoms with Crippen LogP contribution in [-0.4, -0.2) is 70.0 Å². The van der Waals surface area contributed by atoms with E-state index in [1.807, 2.05) is 60.9 Å². The van der Waals surface area contributed by atoms with Gasteiger partial charge in [0.2, 0.25) is 17.7 Å². The largest absolute Gasteiger partial charge is 0.480 e. The number of aromatic amines is 1. The summed E-state index contributed by atoms with van der Waals surface area (Å²) in [5, 5.41) is 18.6. The number of aliphatic carboxylic acids is 1. The minimum Gasteiger partial charge on any atom is -0.480 e. The highest BCUT2D eigenvalue weighted by Crippen LogP contribution is 2.19. The number of hydrogen-bond donors (Lipinski definition) is 6. The molecule has 0 bridgehead atoms. The van der Waals surface area contributed by atoms with Crippen molar-refractivity contribution in [2.24, 2.45) is 5.73 Å². The van der Waals surface area contributed by atoms with E-state index in [1.165, 1.54) is 6.92 Å². The fourth-order valence-corrected chi connectivity index (χ4v) is 4.60. The Bertz CT molecular complexity index is 1280.